The predicted molar refractivity (Wildman–Crippen MR) is 106 cm³/mol. The van der Waals surface area contributed by atoms with Gasteiger partial charge in [-0.15, -0.1) is 20.4 Å². The van der Waals surface area contributed by atoms with Gasteiger partial charge in [-0.1, -0.05) is 53.7 Å². The van der Waals surface area contributed by atoms with Gasteiger partial charge in [0.1, 0.15) is 12.4 Å². The predicted octanol–water partition coefficient (Wildman–Crippen LogP) is 4.48. The summed E-state index contributed by atoms with van der Waals surface area (Å²) in [6.07, 6.45) is 0. The molecule has 0 atom stereocenters. The summed E-state index contributed by atoms with van der Waals surface area (Å²) in [5, 5.41) is 17.8. The number of thioether (sulfide) groups is 1. The largest absolute Gasteiger partial charge is 0.484 e. The summed E-state index contributed by atoms with van der Waals surface area (Å²) in [5.41, 5.74) is 0.939. The van der Waals surface area contributed by atoms with Gasteiger partial charge in [0.2, 0.25) is 11.8 Å². The normalized spacial score (nSPS) is 10.9. The first-order valence-corrected chi connectivity index (χ1v) is 9.86. The highest BCUT2D eigenvalue weighted by Gasteiger charge is 2.16. The Morgan fingerprint density at radius 3 is 2.54 bits per heavy atom. The minimum Gasteiger partial charge on any atom is -0.484 e. The Bertz CT molecular complexity index is 1070. The van der Waals surface area contributed by atoms with E-state index in [0.717, 1.165) is 5.69 Å². The van der Waals surface area contributed by atoms with Crippen LogP contribution in [0, 0.1) is 6.92 Å². The Morgan fingerprint density at radius 1 is 1.00 bits per heavy atom. The molecule has 0 aliphatic heterocycles. The van der Waals surface area contributed by atoms with E-state index < -0.39 is 0 Å². The van der Waals surface area contributed by atoms with Crippen molar-refractivity contribution in [2.45, 2.75) is 24.4 Å². The molecule has 0 saturated heterocycles. The first-order chi connectivity index (χ1) is 13.7. The second kappa shape index (κ2) is 8.45. The number of rotatable bonds is 7. The van der Waals surface area contributed by atoms with Crippen LogP contribution in [-0.4, -0.2) is 25.0 Å². The molecule has 0 saturated carbocycles. The summed E-state index contributed by atoms with van der Waals surface area (Å²) >= 11 is 7.64. The number of halogens is 1. The van der Waals surface area contributed by atoms with Crippen LogP contribution in [0.3, 0.4) is 0 Å². The lowest BCUT2D eigenvalue weighted by molar-refractivity contribution is 0.293. The minimum atomic E-state index is 0.228. The van der Waals surface area contributed by atoms with Crippen LogP contribution in [0.4, 0.5) is 0 Å². The number of aryl methyl sites for hydroxylation is 1. The maximum atomic E-state index is 6.18. The third-order valence-electron chi connectivity index (χ3n) is 3.80. The molecule has 4 rings (SSSR count). The number of nitrogens with zero attached hydrogens (tertiary/aromatic N) is 5. The third-order valence-corrected chi connectivity index (χ3v) is 5.03. The van der Waals surface area contributed by atoms with Crippen LogP contribution in [0.5, 0.6) is 5.75 Å². The summed E-state index contributed by atoms with van der Waals surface area (Å²) < 4.78 is 13.2. The minimum absolute atomic E-state index is 0.228. The summed E-state index contributed by atoms with van der Waals surface area (Å²) in [6, 6.07) is 17.2. The van der Waals surface area contributed by atoms with E-state index in [9.17, 15) is 0 Å². The Hall–Kier alpha value is -2.84. The van der Waals surface area contributed by atoms with Gasteiger partial charge in [0.05, 0.1) is 10.8 Å². The van der Waals surface area contributed by atoms with E-state index in [0.29, 0.717) is 39.3 Å². The highest BCUT2D eigenvalue weighted by molar-refractivity contribution is 7.98. The summed E-state index contributed by atoms with van der Waals surface area (Å²) in [4.78, 5) is 0. The molecule has 0 aliphatic rings. The smallest absolute Gasteiger partial charge is 0.226 e. The van der Waals surface area contributed by atoms with Crippen molar-refractivity contribution in [3.05, 3.63) is 77.2 Å². The molecule has 0 fully saturated rings. The molecule has 9 heteroatoms. The highest BCUT2D eigenvalue weighted by Crippen LogP contribution is 2.27. The van der Waals surface area contributed by atoms with E-state index >= 15 is 0 Å². The fourth-order valence-electron chi connectivity index (χ4n) is 2.55. The van der Waals surface area contributed by atoms with Crippen molar-refractivity contribution in [2.24, 2.45) is 0 Å². The number of ether oxygens (including phenoxy) is 1. The zero-order valence-electron chi connectivity index (χ0n) is 14.9. The molecule has 0 bridgehead atoms. The molecule has 0 radical (unpaired) electrons. The SMILES string of the molecule is Cc1nnc(CSc2nnc(COc3ccccc3Cl)n2-c2ccccc2)o1. The molecule has 2 aromatic carbocycles. The van der Waals surface area contributed by atoms with E-state index in [4.69, 9.17) is 20.8 Å². The molecule has 0 spiro atoms. The van der Waals surface area contributed by atoms with Crippen LogP contribution < -0.4 is 4.74 Å². The van der Waals surface area contributed by atoms with E-state index in [2.05, 4.69) is 20.4 Å². The second-order valence-electron chi connectivity index (χ2n) is 5.79. The molecule has 7 nitrogen and oxygen atoms in total. The lowest BCUT2D eigenvalue weighted by Gasteiger charge is -2.11. The first-order valence-electron chi connectivity index (χ1n) is 8.49. The van der Waals surface area contributed by atoms with Gasteiger partial charge in [-0.05, 0) is 24.3 Å². The number of benzene rings is 2. The van der Waals surface area contributed by atoms with Gasteiger partial charge in [0, 0.05) is 12.6 Å². The van der Waals surface area contributed by atoms with Crippen molar-refractivity contribution in [3.8, 4) is 11.4 Å². The monoisotopic (exact) mass is 413 g/mol. The molecule has 2 aromatic heterocycles. The van der Waals surface area contributed by atoms with E-state index in [1.54, 1.807) is 13.0 Å². The molecule has 0 unspecified atom stereocenters. The molecule has 0 aliphatic carbocycles. The van der Waals surface area contributed by atoms with Gasteiger partial charge in [-0.3, -0.25) is 4.57 Å². The van der Waals surface area contributed by atoms with Gasteiger partial charge in [0.25, 0.3) is 0 Å². The van der Waals surface area contributed by atoms with Crippen LogP contribution in [0.2, 0.25) is 5.02 Å². The van der Waals surface area contributed by atoms with Crippen molar-refractivity contribution in [1.82, 2.24) is 25.0 Å². The maximum Gasteiger partial charge on any atom is 0.226 e. The van der Waals surface area contributed by atoms with Crippen molar-refractivity contribution in [3.63, 3.8) is 0 Å². The van der Waals surface area contributed by atoms with Crippen LogP contribution >= 0.6 is 23.4 Å². The number of para-hydroxylation sites is 2. The molecular weight excluding hydrogens is 398 g/mol. The van der Waals surface area contributed by atoms with Crippen molar-refractivity contribution < 1.29 is 9.15 Å². The van der Waals surface area contributed by atoms with Gasteiger partial charge in [0.15, 0.2) is 11.0 Å². The Balaban J connectivity index is 1.59. The van der Waals surface area contributed by atoms with Gasteiger partial charge in [-0.2, -0.15) is 0 Å². The number of hydrogen-bond acceptors (Lipinski definition) is 7. The average Bonchev–Trinajstić information content (AvgIpc) is 3.32. The van der Waals surface area contributed by atoms with Crippen LogP contribution in [-0.2, 0) is 12.4 Å². The molecule has 0 amide bonds. The molecule has 4 aromatic rings. The quantitative estimate of drug-likeness (QED) is 0.413. The summed E-state index contributed by atoms with van der Waals surface area (Å²) in [7, 11) is 0. The number of hydrogen-bond donors (Lipinski definition) is 0. The van der Waals surface area contributed by atoms with Crippen LogP contribution in [0.25, 0.3) is 5.69 Å². The number of aromatic nitrogens is 5. The zero-order chi connectivity index (χ0) is 19.3. The van der Waals surface area contributed by atoms with E-state index in [1.807, 2.05) is 53.1 Å². The standard InChI is InChI=1S/C19H16ClN5O2S/c1-13-21-23-18(27-13)12-28-19-24-22-17(25(19)14-7-3-2-4-8-14)11-26-16-10-6-5-9-15(16)20/h2-10H,11-12H2,1H3. The molecule has 2 heterocycles. The Kier molecular flexibility index (Phi) is 5.59. The third kappa shape index (κ3) is 4.18. The van der Waals surface area contributed by atoms with Crippen LogP contribution in [0.1, 0.15) is 17.6 Å². The molecular formula is C19H16ClN5O2S. The fraction of sp³-hybridized carbons (Fsp3) is 0.158. The van der Waals surface area contributed by atoms with Crippen molar-refractivity contribution >= 4 is 23.4 Å². The molecule has 142 valence electrons. The fourth-order valence-corrected chi connectivity index (χ4v) is 3.55. The first kappa shape index (κ1) is 18.5. The maximum absolute atomic E-state index is 6.18. The zero-order valence-corrected chi connectivity index (χ0v) is 16.5. The summed E-state index contributed by atoms with van der Waals surface area (Å²) in [6.45, 7) is 1.99. The van der Waals surface area contributed by atoms with Gasteiger partial charge in [-0.25, -0.2) is 0 Å². The Labute approximate surface area is 170 Å². The van der Waals surface area contributed by atoms with Gasteiger partial charge >= 0.3 is 0 Å². The lowest BCUT2D eigenvalue weighted by atomic mass is 10.3. The second-order valence-corrected chi connectivity index (χ2v) is 7.14. The van der Waals surface area contributed by atoms with E-state index in [-0.39, 0.29) is 6.61 Å². The van der Waals surface area contributed by atoms with E-state index in [1.165, 1.54) is 11.8 Å². The lowest BCUT2D eigenvalue weighted by Crippen LogP contribution is -2.06. The van der Waals surface area contributed by atoms with Crippen molar-refractivity contribution in [1.29, 1.82) is 0 Å². The molecule has 0 N–H and O–H groups in total. The van der Waals surface area contributed by atoms with Gasteiger partial charge < -0.3 is 9.15 Å². The molecule has 28 heavy (non-hydrogen) atoms. The highest BCUT2D eigenvalue weighted by atomic mass is 35.5. The topological polar surface area (TPSA) is 78.9 Å². The van der Waals surface area contributed by atoms with Crippen LogP contribution in [0.15, 0.2) is 64.2 Å². The Morgan fingerprint density at radius 2 is 1.79 bits per heavy atom. The average molecular weight is 414 g/mol. The summed E-state index contributed by atoms with van der Waals surface area (Å²) in [5.74, 6) is 2.84. The van der Waals surface area contributed by atoms with Crippen molar-refractivity contribution in [2.75, 3.05) is 0 Å².